The van der Waals surface area contributed by atoms with Crippen LogP contribution in [0.15, 0.2) is 29.4 Å². The first-order chi connectivity index (χ1) is 11.2. The van der Waals surface area contributed by atoms with Crippen molar-refractivity contribution in [3.8, 4) is 0 Å². The van der Waals surface area contributed by atoms with Crippen molar-refractivity contribution in [2.45, 2.75) is 46.0 Å². The highest BCUT2D eigenvalue weighted by Crippen LogP contribution is 2.05. The van der Waals surface area contributed by atoms with Gasteiger partial charge in [-0.3, -0.25) is 4.99 Å². The van der Waals surface area contributed by atoms with Crippen LogP contribution in [0.3, 0.4) is 0 Å². The molecule has 0 aromatic carbocycles. The second-order valence-corrected chi connectivity index (χ2v) is 6.16. The van der Waals surface area contributed by atoms with Crippen LogP contribution >= 0.6 is 24.0 Å². The Morgan fingerprint density at radius 1 is 1.04 bits per heavy atom. The van der Waals surface area contributed by atoms with E-state index in [4.69, 9.17) is 0 Å². The first-order valence-electron chi connectivity index (χ1n) is 8.81. The lowest BCUT2D eigenvalue weighted by atomic mass is 10.1. The Kier molecular flexibility index (Phi) is 14.8. The Morgan fingerprint density at radius 2 is 1.71 bits per heavy atom. The molecule has 0 saturated carbocycles. The molecular weight excluding hydrogens is 413 g/mol. The average molecular weight is 447 g/mol. The maximum atomic E-state index is 4.25. The second-order valence-electron chi connectivity index (χ2n) is 6.16. The van der Waals surface area contributed by atoms with Gasteiger partial charge in [-0.1, -0.05) is 32.8 Å². The summed E-state index contributed by atoms with van der Waals surface area (Å²) in [7, 11) is 1.83. The molecule has 1 heterocycles. The molecular formula is C18H34IN5. The molecule has 0 saturated heterocycles. The van der Waals surface area contributed by atoms with E-state index in [-0.39, 0.29) is 24.0 Å². The third kappa shape index (κ3) is 12.4. The molecule has 24 heavy (non-hydrogen) atoms. The zero-order chi connectivity index (χ0) is 16.8. The Labute approximate surface area is 164 Å². The first-order valence-corrected chi connectivity index (χ1v) is 8.81. The van der Waals surface area contributed by atoms with Crippen LogP contribution in [0.1, 0.15) is 46.0 Å². The number of hydrogen-bond donors (Lipinski definition) is 3. The first kappa shape index (κ1) is 22.9. The van der Waals surface area contributed by atoms with Crippen molar-refractivity contribution in [2.75, 3.05) is 32.0 Å². The number of aliphatic imine (C=N–C) groups is 1. The van der Waals surface area contributed by atoms with Crippen LogP contribution < -0.4 is 16.0 Å². The van der Waals surface area contributed by atoms with Gasteiger partial charge in [0.05, 0.1) is 0 Å². The van der Waals surface area contributed by atoms with Crippen LogP contribution in [0.25, 0.3) is 0 Å². The number of halogens is 1. The zero-order valence-corrected chi connectivity index (χ0v) is 17.7. The van der Waals surface area contributed by atoms with Gasteiger partial charge in [0.15, 0.2) is 5.96 Å². The molecule has 0 aliphatic heterocycles. The molecule has 0 amide bonds. The van der Waals surface area contributed by atoms with Gasteiger partial charge in [-0.15, -0.1) is 24.0 Å². The summed E-state index contributed by atoms with van der Waals surface area (Å²) in [6, 6.07) is 5.91. The number of hydrogen-bond acceptors (Lipinski definition) is 3. The molecule has 1 aromatic rings. The predicted molar refractivity (Wildman–Crippen MR) is 115 cm³/mol. The monoisotopic (exact) mass is 447 g/mol. The highest BCUT2D eigenvalue weighted by Gasteiger charge is 1.98. The fourth-order valence-electron chi connectivity index (χ4n) is 2.25. The second kappa shape index (κ2) is 15.5. The quantitative estimate of drug-likeness (QED) is 0.209. The third-order valence-electron chi connectivity index (χ3n) is 3.59. The summed E-state index contributed by atoms with van der Waals surface area (Å²) < 4.78 is 0. The highest BCUT2D eigenvalue weighted by atomic mass is 127. The van der Waals surface area contributed by atoms with Gasteiger partial charge in [-0.05, 0) is 37.3 Å². The van der Waals surface area contributed by atoms with Gasteiger partial charge in [0.1, 0.15) is 5.82 Å². The zero-order valence-electron chi connectivity index (χ0n) is 15.3. The van der Waals surface area contributed by atoms with Crippen molar-refractivity contribution >= 4 is 35.8 Å². The van der Waals surface area contributed by atoms with E-state index in [0.717, 1.165) is 50.2 Å². The maximum Gasteiger partial charge on any atom is 0.190 e. The Balaban J connectivity index is 0.00000529. The molecule has 0 unspecified atom stereocenters. The fraction of sp³-hybridized carbons (Fsp3) is 0.667. The molecule has 138 valence electrons. The van der Waals surface area contributed by atoms with E-state index >= 15 is 0 Å². The molecule has 0 bridgehead atoms. The van der Waals surface area contributed by atoms with Crippen LogP contribution in [-0.4, -0.2) is 37.6 Å². The van der Waals surface area contributed by atoms with Crippen LogP contribution in [0, 0.1) is 5.92 Å². The van der Waals surface area contributed by atoms with E-state index in [1.54, 1.807) is 6.20 Å². The summed E-state index contributed by atoms with van der Waals surface area (Å²) in [5.41, 5.74) is 0. The minimum atomic E-state index is 0. The molecule has 1 rings (SSSR count). The van der Waals surface area contributed by atoms with Gasteiger partial charge in [-0.25, -0.2) is 4.98 Å². The summed E-state index contributed by atoms with van der Waals surface area (Å²) >= 11 is 0. The van der Waals surface area contributed by atoms with E-state index in [9.17, 15) is 0 Å². The number of unbranched alkanes of at least 4 members (excludes halogenated alkanes) is 2. The van der Waals surface area contributed by atoms with Crippen molar-refractivity contribution < 1.29 is 0 Å². The molecule has 6 heteroatoms. The predicted octanol–water partition coefficient (Wildman–Crippen LogP) is 3.88. The maximum absolute atomic E-state index is 4.25. The lowest BCUT2D eigenvalue weighted by Crippen LogP contribution is -2.38. The summed E-state index contributed by atoms with van der Waals surface area (Å²) in [5, 5.41) is 10.1. The minimum absolute atomic E-state index is 0. The van der Waals surface area contributed by atoms with Crippen LogP contribution in [0.2, 0.25) is 0 Å². The molecule has 1 aromatic heterocycles. The summed E-state index contributed by atoms with van der Waals surface area (Å²) in [6.45, 7) is 7.43. The standard InChI is InChI=1S/C18H33N5.HI/c1-16(2)10-4-6-14-22-18(19-3)23-15-9-8-13-21-17-11-5-7-12-20-17;/h5,7,11-12,16H,4,6,8-10,13-15H2,1-3H3,(H,20,21)(H2,19,22,23);1H. The molecule has 3 N–H and O–H groups in total. The molecule has 0 aliphatic rings. The summed E-state index contributed by atoms with van der Waals surface area (Å²) in [5.74, 6) is 2.65. The van der Waals surface area contributed by atoms with Gasteiger partial charge in [0, 0.05) is 32.9 Å². The Bertz CT molecular complexity index is 423. The summed E-state index contributed by atoms with van der Waals surface area (Å²) in [6.07, 6.45) is 7.80. The van der Waals surface area contributed by atoms with Gasteiger partial charge in [0.2, 0.25) is 0 Å². The molecule has 0 atom stereocenters. The van der Waals surface area contributed by atoms with Crippen LogP contribution in [0.5, 0.6) is 0 Å². The van der Waals surface area contributed by atoms with E-state index in [1.165, 1.54) is 19.3 Å². The average Bonchev–Trinajstić information content (AvgIpc) is 2.56. The normalized spacial score (nSPS) is 11.1. The Hall–Kier alpha value is -1.05. The van der Waals surface area contributed by atoms with Crippen molar-refractivity contribution in [1.29, 1.82) is 0 Å². The minimum Gasteiger partial charge on any atom is -0.370 e. The number of nitrogens with one attached hydrogen (secondary N) is 3. The summed E-state index contributed by atoms with van der Waals surface area (Å²) in [4.78, 5) is 8.50. The van der Waals surface area contributed by atoms with E-state index in [0.29, 0.717) is 0 Å². The molecule has 0 spiro atoms. The largest absolute Gasteiger partial charge is 0.370 e. The number of aromatic nitrogens is 1. The number of rotatable bonds is 11. The number of nitrogens with zero attached hydrogens (tertiary/aromatic N) is 2. The molecule has 5 nitrogen and oxygen atoms in total. The van der Waals surface area contributed by atoms with Crippen LogP contribution in [-0.2, 0) is 0 Å². The molecule has 0 radical (unpaired) electrons. The van der Waals surface area contributed by atoms with E-state index < -0.39 is 0 Å². The lowest BCUT2D eigenvalue weighted by Gasteiger charge is -2.12. The highest BCUT2D eigenvalue weighted by molar-refractivity contribution is 14.0. The third-order valence-corrected chi connectivity index (χ3v) is 3.59. The Morgan fingerprint density at radius 3 is 2.29 bits per heavy atom. The number of guanidine groups is 1. The van der Waals surface area contributed by atoms with Crippen LogP contribution in [0.4, 0.5) is 5.82 Å². The number of anilines is 1. The van der Waals surface area contributed by atoms with Gasteiger partial charge in [-0.2, -0.15) is 0 Å². The molecule has 0 aliphatic carbocycles. The van der Waals surface area contributed by atoms with Crippen molar-refractivity contribution in [1.82, 2.24) is 15.6 Å². The smallest absolute Gasteiger partial charge is 0.190 e. The van der Waals surface area contributed by atoms with E-state index in [2.05, 4.69) is 39.8 Å². The van der Waals surface area contributed by atoms with Gasteiger partial charge >= 0.3 is 0 Å². The van der Waals surface area contributed by atoms with Gasteiger partial charge in [0.25, 0.3) is 0 Å². The van der Waals surface area contributed by atoms with E-state index in [1.807, 2.05) is 25.2 Å². The SMILES string of the molecule is CN=C(NCCCCNc1ccccn1)NCCCCC(C)C.I. The van der Waals surface area contributed by atoms with Gasteiger partial charge < -0.3 is 16.0 Å². The lowest BCUT2D eigenvalue weighted by molar-refractivity contribution is 0.534. The van der Waals surface area contributed by atoms with Crippen molar-refractivity contribution in [2.24, 2.45) is 10.9 Å². The molecule has 0 fully saturated rings. The topological polar surface area (TPSA) is 61.3 Å². The van der Waals surface area contributed by atoms with Crippen molar-refractivity contribution in [3.63, 3.8) is 0 Å². The number of pyridine rings is 1. The fourth-order valence-corrected chi connectivity index (χ4v) is 2.25. The van der Waals surface area contributed by atoms with Crippen molar-refractivity contribution in [3.05, 3.63) is 24.4 Å².